The number of anilines is 1. The van der Waals surface area contributed by atoms with Gasteiger partial charge in [0.05, 0.1) is 17.7 Å². The maximum absolute atomic E-state index is 13.4. The van der Waals surface area contributed by atoms with Crippen molar-refractivity contribution in [3.8, 4) is 0 Å². The van der Waals surface area contributed by atoms with Crippen molar-refractivity contribution in [2.24, 2.45) is 5.92 Å². The summed E-state index contributed by atoms with van der Waals surface area (Å²) in [5.74, 6) is -0.503. The van der Waals surface area contributed by atoms with Gasteiger partial charge in [-0.3, -0.25) is 0 Å². The molecule has 0 aromatic heterocycles. The number of amides is 1. The van der Waals surface area contributed by atoms with Gasteiger partial charge >= 0.3 is 18.2 Å². The summed E-state index contributed by atoms with van der Waals surface area (Å²) in [7, 11) is 0. The minimum Gasteiger partial charge on any atom is -0.462 e. The van der Waals surface area contributed by atoms with Gasteiger partial charge in [-0.05, 0) is 77.5 Å². The fraction of sp³-hybridized carbons (Fsp3) is 0.636. The number of rotatable bonds is 6. The van der Waals surface area contributed by atoms with E-state index in [9.17, 15) is 22.8 Å². The van der Waals surface area contributed by atoms with Gasteiger partial charge in [-0.15, -0.1) is 0 Å². The molecule has 0 heterocycles. The van der Waals surface area contributed by atoms with Crippen molar-refractivity contribution < 1.29 is 32.2 Å². The van der Waals surface area contributed by atoms with Crippen LogP contribution in [-0.2, 0) is 15.7 Å². The van der Waals surface area contributed by atoms with Crippen LogP contribution in [-0.4, -0.2) is 36.9 Å². The van der Waals surface area contributed by atoms with Gasteiger partial charge in [0, 0.05) is 18.3 Å². The van der Waals surface area contributed by atoms with Crippen molar-refractivity contribution in [1.29, 1.82) is 0 Å². The fourth-order valence-electron chi connectivity index (χ4n) is 3.52. The number of alkyl halides is 3. The summed E-state index contributed by atoms with van der Waals surface area (Å²) < 4.78 is 50.3. The number of hydrogen-bond donors (Lipinski definition) is 2. The van der Waals surface area contributed by atoms with E-state index in [1.54, 1.807) is 27.7 Å². The molecule has 0 bridgehead atoms. The van der Waals surface area contributed by atoms with Crippen LogP contribution >= 0.6 is 0 Å². The zero-order valence-electron chi connectivity index (χ0n) is 18.4. The summed E-state index contributed by atoms with van der Waals surface area (Å²) in [5.41, 5.74) is -1.45. The molecule has 174 valence electrons. The molecule has 0 atom stereocenters. The van der Waals surface area contributed by atoms with E-state index in [4.69, 9.17) is 9.47 Å². The van der Waals surface area contributed by atoms with Crippen LogP contribution in [0.2, 0.25) is 0 Å². The number of hydrogen-bond acceptors (Lipinski definition) is 5. The van der Waals surface area contributed by atoms with Gasteiger partial charge < -0.3 is 20.1 Å². The molecule has 31 heavy (non-hydrogen) atoms. The minimum atomic E-state index is -4.54. The molecule has 1 aromatic rings. The molecule has 1 fully saturated rings. The second kappa shape index (κ2) is 10.2. The van der Waals surface area contributed by atoms with Gasteiger partial charge in [0.1, 0.15) is 5.60 Å². The monoisotopic (exact) mass is 444 g/mol. The molecule has 1 saturated carbocycles. The molecule has 1 aliphatic rings. The highest BCUT2D eigenvalue weighted by Gasteiger charge is 2.34. The molecule has 2 N–H and O–H groups in total. The Morgan fingerprint density at radius 2 is 1.74 bits per heavy atom. The van der Waals surface area contributed by atoms with Crippen molar-refractivity contribution in [1.82, 2.24) is 5.32 Å². The van der Waals surface area contributed by atoms with Crippen LogP contribution in [0.15, 0.2) is 18.2 Å². The largest absolute Gasteiger partial charge is 0.462 e. The zero-order chi connectivity index (χ0) is 23.2. The Morgan fingerprint density at radius 3 is 2.29 bits per heavy atom. The third-order valence-electron chi connectivity index (χ3n) is 4.98. The topological polar surface area (TPSA) is 76.7 Å². The number of ether oxygens (including phenoxy) is 2. The van der Waals surface area contributed by atoms with Gasteiger partial charge in [-0.1, -0.05) is 0 Å². The van der Waals surface area contributed by atoms with Gasteiger partial charge in [-0.25, -0.2) is 9.59 Å². The van der Waals surface area contributed by atoms with Crippen molar-refractivity contribution in [3.63, 3.8) is 0 Å². The molecule has 2 rings (SSSR count). The highest BCUT2D eigenvalue weighted by atomic mass is 19.4. The van der Waals surface area contributed by atoms with Crippen molar-refractivity contribution in [2.45, 2.75) is 71.2 Å². The van der Waals surface area contributed by atoms with E-state index in [2.05, 4.69) is 10.6 Å². The molecular formula is C22H31F3N2O4. The number of esters is 1. The lowest BCUT2D eigenvalue weighted by molar-refractivity contribution is -0.137. The Morgan fingerprint density at radius 1 is 1.10 bits per heavy atom. The lowest BCUT2D eigenvalue weighted by Crippen LogP contribution is -2.41. The fourth-order valence-corrected chi connectivity index (χ4v) is 3.52. The number of carbonyl (C=O) groups excluding carboxylic acids is 2. The number of carbonyl (C=O) groups is 2. The summed E-state index contributed by atoms with van der Waals surface area (Å²) in [6.07, 6.45) is -2.04. The van der Waals surface area contributed by atoms with Crippen LogP contribution in [0.25, 0.3) is 0 Å². The zero-order valence-corrected chi connectivity index (χ0v) is 18.4. The molecule has 1 aromatic carbocycles. The van der Waals surface area contributed by atoms with Gasteiger partial charge in [-0.2, -0.15) is 13.2 Å². The van der Waals surface area contributed by atoms with Crippen LogP contribution in [0.1, 0.15) is 69.3 Å². The molecule has 0 radical (unpaired) electrons. The number of benzene rings is 1. The van der Waals surface area contributed by atoms with E-state index in [1.807, 2.05) is 0 Å². The van der Waals surface area contributed by atoms with Crippen LogP contribution < -0.4 is 10.6 Å². The Hall–Kier alpha value is -2.45. The highest BCUT2D eigenvalue weighted by Crippen LogP contribution is 2.36. The van der Waals surface area contributed by atoms with Crippen LogP contribution in [0, 0.1) is 5.92 Å². The second-order valence-corrected chi connectivity index (χ2v) is 8.72. The number of halogens is 3. The number of nitrogens with one attached hydrogen (secondary N) is 2. The first-order valence-corrected chi connectivity index (χ1v) is 10.5. The molecule has 6 nitrogen and oxygen atoms in total. The molecule has 0 unspecified atom stereocenters. The normalized spacial score (nSPS) is 19.5. The van der Waals surface area contributed by atoms with Crippen molar-refractivity contribution in [2.75, 3.05) is 18.5 Å². The van der Waals surface area contributed by atoms with E-state index < -0.39 is 29.4 Å². The Labute approximate surface area is 180 Å². The minimum absolute atomic E-state index is 0.0102. The molecule has 1 amide bonds. The summed E-state index contributed by atoms with van der Waals surface area (Å²) in [6.45, 7) is 7.50. The molecule has 0 saturated heterocycles. The average molecular weight is 444 g/mol. The third kappa shape index (κ3) is 7.95. The third-order valence-corrected chi connectivity index (χ3v) is 4.98. The summed E-state index contributed by atoms with van der Waals surface area (Å²) in [6, 6.07) is 3.20. The average Bonchev–Trinajstić information content (AvgIpc) is 2.65. The van der Waals surface area contributed by atoms with E-state index in [1.165, 1.54) is 6.07 Å². The highest BCUT2D eigenvalue weighted by molar-refractivity contribution is 5.91. The summed E-state index contributed by atoms with van der Waals surface area (Å²) in [5, 5.41) is 5.72. The summed E-state index contributed by atoms with van der Waals surface area (Å²) in [4.78, 5) is 23.8. The van der Waals surface area contributed by atoms with Crippen LogP contribution in [0.5, 0.6) is 0 Å². The first-order valence-electron chi connectivity index (χ1n) is 10.5. The molecule has 9 heteroatoms. The van der Waals surface area contributed by atoms with Crippen LogP contribution in [0.4, 0.5) is 23.7 Å². The first kappa shape index (κ1) is 24.8. The smallest absolute Gasteiger partial charge is 0.418 e. The molecular weight excluding hydrogens is 413 g/mol. The van der Waals surface area contributed by atoms with E-state index in [-0.39, 0.29) is 29.8 Å². The van der Waals surface area contributed by atoms with E-state index in [0.717, 1.165) is 37.8 Å². The Bertz CT molecular complexity index is 767. The lowest BCUT2D eigenvalue weighted by Gasteiger charge is -2.30. The van der Waals surface area contributed by atoms with Crippen molar-refractivity contribution >= 4 is 17.7 Å². The molecule has 0 spiro atoms. The standard InChI is InChI=1S/C22H31F3N2O4/c1-5-30-19(28)15-8-11-17(22(23,24)25)18(12-15)26-13-14-6-9-16(10-7-14)27-20(29)31-21(2,3)4/h8,11-12,14,16,26H,5-7,9-10,13H2,1-4H3,(H,27,29)/t14-,16-. The van der Waals surface area contributed by atoms with Crippen LogP contribution in [0.3, 0.4) is 0 Å². The van der Waals surface area contributed by atoms with Gasteiger partial charge in [0.15, 0.2) is 0 Å². The number of alkyl carbamates (subject to hydrolysis) is 1. The summed E-state index contributed by atoms with van der Waals surface area (Å²) >= 11 is 0. The maximum Gasteiger partial charge on any atom is 0.418 e. The van der Waals surface area contributed by atoms with E-state index in [0.29, 0.717) is 6.54 Å². The predicted octanol–water partition coefficient (Wildman–Crippen LogP) is 5.38. The lowest BCUT2D eigenvalue weighted by atomic mass is 9.86. The van der Waals surface area contributed by atoms with Gasteiger partial charge in [0.25, 0.3) is 0 Å². The first-order chi connectivity index (χ1) is 14.4. The Kier molecular flexibility index (Phi) is 8.20. The predicted molar refractivity (Wildman–Crippen MR) is 111 cm³/mol. The van der Waals surface area contributed by atoms with E-state index >= 15 is 0 Å². The molecule has 1 aliphatic carbocycles. The van der Waals surface area contributed by atoms with Gasteiger partial charge in [0.2, 0.25) is 0 Å². The SMILES string of the molecule is CCOC(=O)c1ccc(C(F)(F)F)c(NC[C@H]2CC[C@H](NC(=O)OC(C)(C)C)CC2)c1. The quantitative estimate of drug-likeness (QED) is 0.577. The van der Waals surface area contributed by atoms with Crippen molar-refractivity contribution in [3.05, 3.63) is 29.3 Å². The maximum atomic E-state index is 13.4. The second-order valence-electron chi connectivity index (χ2n) is 8.72. The molecule has 0 aliphatic heterocycles. The Balaban J connectivity index is 1.95.